The summed E-state index contributed by atoms with van der Waals surface area (Å²) in [5.74, 6) is 1.43. The van der Waals surface area contributed by atoms with E-state index in [9.17, 15) is 5.11 Å². The van der Waals surface area contributed by atoms with Gasteiger partial charge in [-0.15, -0.1) is 0 Å². The number of hydrogen-bond acceptors (Lipinski definition) is 1. The van der Waals surface area contributed by atoms with Crippen molar-refractivity contribution in [2.45, 2.75) is 59.5 Å². The Morgan fingerprint density at radius 3 is 2.31 bits per heavy atom. The Bertz CT molecular complexity index is 153. The molecule has 1 N–H and O–H groups in total. The van der Waals surface area contributed by atoms with Gasteiger partial charge in [-0.1, -0.05) is 34.1 Å². The van der Waals surface area contributed by atoms with Crippen molar-refractivity contribution in [3.63, 3.8) is 0 Å². The lowest BCUT2D eigenvalue weighted by atomic mass is 9.66. The van der Waals surface area contributed by atoms with E-state index in [1.807, 2.05) is 0 Å². The Hall–Kier alpha value is -0.0400. The normalized spacial score (nSPS) is 36.2. The summed E-state index contributed by atoms with van der Waals surface area (Å²) in [4.78, 5) is 0. The highest BCUT2D eigenvalue weighted by Gasteiger charge is 2.34. The third-order valence-electron chi connectivity index (χ3n) is 3.93. The number of aliphatic hydroxyl groups excluding tert-OH is 1. The number of hydrogen-bond donors (Lipinski definition) is 1. The smallest absolute Gasteiger partial charge is 0.0545 e. The Morgan fingerprint density at radius 1 is 1.23 bits per heavy atom. The van der Waals surface area contributed by atoms with E-state index in [4.69, 9.17) is 0 Å². The molecule has 13 heavy (non-hydrogen) atoms. The van der Waals surface area contributed by atoms with Crippen LogP contribution in [0, 0.1) is 17.3 Å². The molecule has 0 spiro atoms. The molecule has 0 aromatic carbocycles. The Labute approximate surface area is 82.5 Å². The van der Waals surface area contributed by atoms with Crippen molar-refractivity contribution in [1.29, 1.82) is 0 Å². The van der Waals surface area contributed by atoms with Gasteiger partial charge in [0, 0.05) is 0 Å². The molecule has 0 radical (unpaired) electrons. The van der Waals surface area contributed by atoms with Crippen LogP contribution < -0.4 is 0 Å². The summed E-state index contributed by atoms with van der Waals surface area (Å²) in [5.41, 5.74) is 0.412. The van der Waals surface area contributed by atoms with Gasteiger partial charge in [-0.25, -0.2) is 0 Å². The SMILES string of the molecule is CCC(C)(C)C1CC(C)CC(O)C1. The molecule has 1 rings (SSSR count). The molecule has 0 heterocycles. The van der Waals surface area contributed by atoms with Gasteiger partial charge in [0.25, 0.3) is 0 Å². The van der Waals surface area contributed by atoms with Gasteiger partial charge >= 0.3 is 0 Å². The lowest BCUT2D eigenvalue weighted by molar-refractivity contribution is 0.0264. The van der Waals surface area contributed by atoms with Gasteiger partial charge in [-0.2, -0.15) is 0 Å². The van der Waals surface area contributed by atoms with E-state index in [2.05, 4.69) is 27.7 Å². The van der Waals surface area contributed by atoms with Crippen molar-refractivity contribution in [1.82, 2.24) is 0 Å². The second-order valence-electron chi connectivity index (χ2n) is 5.51. The molecule has 1 saturated carbocycles. The largest absolute Gasteiger partial charge is 0.393 e. The van der Waals surface area contributed by atoms with Crippen LogP contribution in [0.25, 0.3) is 0 Å². The fraction of sp³-hybridized carbons (Fsp3) is 1.00. The first-order valence-electron chi connectivity index (χ1n) is 5.63. The van der Waals surface area contributed by atoms with Crippen molar-refractivity contribution >= 4 is 0 Å². The molecule has 0 saturated heterocycles. The van der Waals surface area contributed by atoms with Crippen LogP contribution >= 0.6 is 0 Å². The molecule has 0 aliphatic heterocycles. The van der Waals surface area contributed by atoms with Gasteiger partial charge in [0.2, 0.25) is 0 Å². The zero-order chi connectivity index (χ0) is 10.1. The van der Waals surface area contributed by atoms with Gasteiger partial charge in [0.15, 0.2) is 0 Å². The molecular weight excluding hydrogens is 160 g/mol. The molecule has 1 aliphatic rings. The third-order valence-corrected chi connectivity index (χ3v) is 3.93. The molecule has 1 fully saturated rings. The van der Waals surface area contributed by atoms with E-state index in [1.54, 1.807) is 0 Å². The highest BCUT2D eigenvalue weighted by atomic mass is 16.3. The standard InChI is InChI=1S/C12H24O/c1-5-12(3,4)10-6-9(2)7-11(13)8-10/h9-11,13H,5-8H2,1-4H3. The molecule has 78 valence electrons. The molecule has 0 aromatic heterocycles. The van der Waals surface area contributed by atoms with Crippen LogP contribution in [0.2, 0.25) is 0 Å². The van der Waals surface area contributed by atoms with Crippen LogP contribution in [0.1, 0.15) is 53.4 Å². The molecule has 0 amide bonds. The first-order valence-corrected chi connectivity index (χ1v) is 5.63. The summed E-state index contributed by atoms with van der Waals surface area (Å²) < 4.78 is 0. The van der Waals surface area contributed by atoms with E-state index < -0.39 is 0 Å². The fourth-order valence-corrected chi connectivity index (χ4v) is 2.49. The predicted octanol–water partition coefficient (Wildman–Crippen LogP) is 3.22. The second-order valence-corrected chi connectivity index (χ2v) is 5.51. The van der Waals surface area contributed by atoms with E-state index >= 15 is 0 Å². The molecule has 0 bridgehead atoms. The summed E-state index contributed by atoms with van der Waals surface area (Å²) >= 11 is 0. The lowest BCUT2D eigenvalue weighted by Crippen LogP contribution is -2.34. The van der Waals surface area contributed by atoms with E-state index in [-0.39, 0.29) is 6.10 Å². The fourth-order valence-electron chi connectivity index (χ4n) is 2.49. The first-order chi connectivity index (χ1) is 5.95. The molecule has 3 unspecified atom stereocenters. The predicted molar refractivity (Wildman–Crippen MR) is 56.6 cm³/mol. The minimum atomic E-state index is -0.0421. The maximum Gasteiger partial charge on any atom is 0.0545 e. The van der Waals surface area contributed by atoms with E-state index in [0.29, 0.717) is 11.3 Å². The van der Waals surface area contributed by atoms with Crippen LogP contribution in [-0.4, -0.2) is 11.2 Å². The number of aliphatic hydroxyl groups is 1. The van der Waals surface area contributed by atoms with Crippen molar-refractivity contribution in [2.75, 3.05) is 0 Å². The van der Waals surface area contributed by atoms with E-state index in [1.165, 1.54) is 12.8 Å². The minimum absolute atomic E-state index is 0.0421. The molecule has 0 aromatic rings. The van der Waals surface area contributed by atoms with Crippen LogP contribution in [0.3, 0.4) is 0 Å². The number of rotatable bonds is 2. The average molecular weight is 184 g/mol. The zero-order valence-electron chi connectivity index (χ0n) is 9.51. The van der Waals surface area contributed by atoms with E-state index in [0.717, 1.165) is 18.8 Å². The third kappa shape index (κ3) is 2.70. The van der Waals surface area contributed by atoms with Crippen LogP contribution in [-0.2, 0) is 0 Å². The van der Waals surface area contributed by atoms with Crippen LogP contribution in [0.4, 0.5) is 0 Å². The van der Waals surface area contributed by atoms with Crippen molar-refractivity contribution in [2.24, 2.45) is 17.3 Å². The van der Waals surface area contributed by atoms with Gasteiger partial charge in [0.05, 0.1) is 6.10 Å². The Morgan fingerprint density at radius 2 is 1.85 bits per heavy atom. The minimum Gasteiger partial charge on any atom is -0.393 e. The van der Waals surface area contributed by atoms with Crippen LogP contribution in [0.5, 0.6) is 0 Å². The zero-order valence-corrected chi connectivity index (χ0v) is 9.51. The maximum atomic E-state index is 9.71. The molecular formula is C12H24O. The summed E-state index contributed by atoms with van der Waals surface area (Å²) in [5, 5.41) is 9.71. The van der Waals surface area contributed by atoms with Gasteiger partial charge in [-0.05, 0) is 36.5 Å². The van der Waals surface area contributed by atoms with Gasteiger partial charge in [0.1, 0.15) is 0 Å². The lowest BCUT2D eigenvalue weighted by Gasteiger charge is -2.40. The Balaban J connectivity index is 2.59. The molecule has 3 atom stereocenters. The van der Waals surface area contributed by atoms with Gasteiger partial charge < -0.3 is 5.11 Å². The van der Waals surface area contributed by atoms with Crippen molar-refractivity contribution < 1.29 is 5.11 Å². The summed E-state index contributed by atoms with van der Waals surface area (Å²) in [6.07, 6.45) is 4.51. The monoisotopic (exact) mass is 184 g/mol. The quantitative estimate of drug-likeness (QED) is 0.698. The summed E-state index contributed by atoms with van der Waals surface area (Å²) in [6.45, 7) is 9.19. The second kappa shape index (κ2) is 4.00. The first kappa shape index (κ1) is 11.0. The van der Waals surface area contributed by atoms with Crippen molar-refractivity contribution in [3.8, 4) is 0 Å². The molecule has 1 nitrogen and oxygen atoms in total. The van der Waals surface area contributed by atoms with Crippen molar-refractivity contribution in [3.05, 3.63) is 0 Å². The summed E-state index contributed by atoms with van der Waals surface area (Å²) in [7, 11) is 0. The van der Waals surface area contributed by atoms with Crippen LogP contribution in [0.15, 0.2) is 0 Å². The highest BCUT2D eigenvalue weighted by molar-refractivity contribution is 4.85. The Kier molecular flexibility index (Phi) is 3.39. The van der Waals surface area contributed by atoms with Gasteiger partial charge in [-0.3, -0.25) is 0 Å². The molecule has 1 heteroatoms. The molecule has 1 aliphatic carbocycles. The topological polar surface area (TPSA) is 20.2 Å². The highest BCUT2D eigenvalue weighted by Crippen LogP contribution is 2.42. The summed E-state index contributed by atoms with van der Waals surface area (Å²) in [6, 6.07) is 0. The maximum absolute atomic E-state index is 9.71. The average Bonchev–Trinajstić information content (AvgIpc) is 2.02.